The van der Waals surface area contributed by atoms with E-state index in [0.29, 0.717) is 6.42 Å². The zero-order valence-electron chi connectivity index (χ0n) is 8.73. The molecule has 0 saturated heterocycles. The van der Waals surface area contributed by atoms with Crippen LogP contribution in [-0.2, 0) is 18.3 Å². The number of rotatable bonds is 3. The number of hydrogen-bond acceptors (Lipinski definition) is 1. The van der Waals surface area contributed by atoms with Gasteiger partial charge in [-0.1, -0.05) is 18.2 Å². The van der Waals surface area contributed by atoms with Crippen LogP contribution in [0.4, 0.5) is 0 Å². The zero-order valence-corrected chi connectivity index (χ0v) is 8.73. The summed E-state index contributed by atoms with van der Waals surface area (Å²) in [6.07, 6.45) is 3.19. The second-order valence-electron chi connectivity index (χ2n) is 3.75. The largest absolute Gasteiger partial charge is 0.370 e. The molecule has 0 aliphatic carbocycles. The molecule has 3 nitrogen and oxygen atoms in total. The Labute approximate surface area is 88.5 Å². The van der Waals surface area contributed by atoms with Crippen LogP contribution in [0.25, 0.3) is 10.9 Å². The lowest BCUT2D eigenvalue weighted by Gasteiger charge is -1.95. The average Bonchev–Trinajstić information content (AvgIpc) is 2.54. The Balaban J connectivity index is 2.39. The summed E-state index contributed by atoms with van der Waals surface area (Å²) in [6, 6.07) is 8.17. The molecule has 78 valence electrons. The second kappa shape index (κ2) is 3.77. The number of nitrogens with zero attached hydrogens (tertiary/aromatic N) is 1. The minimum Gasteiger partial charge on any atom is -0.370 e. The summed E-state index contributed by atoms with van der Waals surface area (Å²) in [5.41, 5.74) is 7.52. The van der Waals surface area contributed by atoms with E-state index in [1.165, 1.54) is 16.5 Å². The number of hydrogen-bond donors (Lipinski definition) is 1. The van der Waals surface area contributed by atoms with E-state index < -0.39 is 0 Å². The van der Waals surface area contributed by atoms with E-state index in [0.717, 1.165) is 6.42 Å². The fourth-order valence-corrected chi connectivity index (χ4v) is 1.88. The Hall–Kier alpha value is -1.77. The number of primary amides is 1. The van der Waals surface area contributed by atoms with Crippen LogP contribution in [0.5, 0.6) is 0 Å². The highest BCUT2D eigenvalue weighted by Crippen LogP contribution is 2.21. The molecule has 0 unspecified atom stereocenters. The van der Waals surface area contributed by atoms with Gasteiger partial charge in [-0.05, 0) is 18.1 Å². The Bertz CT molecular complexity index is 499. The van der Waals surface area contributed by atoms with Crippen LogP contribution < -0.4 is 5.73 Å². The van der Waals surface area contributed by atoms with Crippen LogP contribution in [0.2, 0.25) is 0 Å². The van der Waals surface area contributed by atoms with Gasteiger partial charge in [0.2, 0.25) is 5.91 Å². The number of fused-ring (bicyclic) bond motifs is 1. The topological polar surface area (TPSA) is 48.0 Å². The van der Waals surface area contributed by atoms with Gasteiger partial charge in [-0.25, -0.2) is 0 Å². The quantitative estimate of drug-likeness (QED) is 0.807. The van der Waals surface area contributed by atoms with Crippen molar-refractivity contribution >= 4 is 16.8 Å². The van der Waals surface area contributed by atoms with Gasteiger partial charge in [0.1, 0.15) is 0 Å². The van der Waals surface area contributed by atoms with Crippen molar-refractivity contribution in [2.45, 2.75) is 12.8 Å². The molecule has 0 saturated carbocycles. The van der Waals surface area contributed by atoms with Crippen molar-refractivity contribution in [3.8, 4) is 0 Å². The molecule has 1 aromatic carbocycles. The minimum absolute atomic E-state index is 0.247. The number of para-hydroxylation sites is 1. The van der Waals surface area contributed by atoms with E-state index in [-0.39, 0.29) is 5.91 Å². The Morgan fingerprint density at radius 3 is 2.87 bits per heavy atom. The highest BCUT2D eigenvalue weighted by Gasteiger charge is 2.06. The molecule has 2 aromatic rings. The predicted molar refractivity (Wildman–Crippen MR) is 60.4 cm³/mol. The van der Waals surface area contributed by atoms with Crippen LogP contribution in [0.1, 0.15) is 12.0 Å². The molecule has 1 aromatic heterocycles. The van der Waals surface area contributed by atoms with E-state index in [1.807, 2.05) is 19.2 Å². The van der Waals surface area contributed by atoms with Crippen LogP contribution in [-0.4, -0.2) is 10.5 Å². The van der Waals surface area contributed by atoms with Crippen molar-refractivity contribution in [1.82, 2.24) is 4.57 Å². The number of aryl methyl sites for hydroxylation is 2. The number of carbonyl (C=O) groups excluding carboxylic acids is 1. The molecule has 15 heavy (non-hydrogen) atoms. The lowest BCUT2D eigenvalue weighted by Crippen LogP contribution is -2.10. The summed E-state index contributed by atoms with van der Waals surface area (Å²) in [6.45, 7) is 0. The zero-order chi connectivity index (χ0) is 10.8. The van der Waals surface area contributed by atoms with Gasteiger partial charge in [0.15, 0.2) is 0 Å². The normalized spacial score (nSPS) is 10.7. The average molecular weight is 202 g/mol. The SMILES string of the molecule is Cn1cc(CCC(N)=O)c2ccccc21. The van der Waals surface area contributed by atoms with Crippen molar-refractivity contribution < 1.29 is 4.79 Å². The maximum atomic E-state index is 10.7. The molecule has 0 aliphatic heterocycles. The summed E-state index contributed by atoms with van der Waals surface area (Å²) in [4.78, 5) is 10.7. The van der Waals surface area contributed by atoms with Crippen LogP contribution in [0.15, 0.2) is 30.5 Å². The van der Waals surface area contributed by atoms with Gasteiger partial charge in [-0.2, -0.15) is 0 Å². The van der Waals surface area contributed by atoms with Crippen LogP contribution >= 0.6 is 0 Å². The maximum Gasteiger partial charge on any atom is 0.217 e. The van der Waals surface area contributed by atoms with E-state index in [2.05, 4.69) is 22.9 Å². The Morgan fingerprint density at radius 1 is 1.40 bits per heavy atom. The standard InChI is InChI=1S/C12H14N2O/c1-14-8-9(6-7-12(13)15)10-4-2-3-5-11(10)14/h2-5,8H,6-7H2,1H3,(H2,13,15). The smallest absolute Gasteiger partial charge is 0.217 e. The van der Waals surface area contributed by atoms with Gasteiger partial charge in [0, 0.05) is 30.6 Å². The molecule has 2 rings (SSSR count). The summed E-state index contributed by atoms with van der Waals surface area (Å²) >= 11 is 0. The lowest BCUT2D eigenvalue weighted by atomic mass is 10.1. The predicted octanol–water partition coefficient (Wildman–Crippen LogP) is 1.60. The second-order valence-corrected chi connectivity index (χ2v) is 3.75. The molecule has 0 fully saturated rings. The fraction of sp³-hybridized carbons (Fsp3) is 0.250. The molecule has 0 radical (unpaired) electrons. The fourth-order valence-electron chi connectivity index (χ4n) is 1.88. The molecule has 0 bridgehead atoms. The summed E-state index contributed by atoms with van der Waals surface area (Å²) in [5.74, 6) is -0.247. The van der Waals surface area contributed by atoms with Crippen LogP contribution in [0.3, 0.4) is 0 Å². The highest BCUT2D eigenvalue weighted by atomic mass is 16.1. The molecule has 0 spiro atoms. The number of aromatic nitrogens is 1. The molecule has 1 heterocycles. The van der Waals surface area contributed by atoms with Crippen molar-refractivity contribution in [2.75, 3.05) is 0 Å². The van der Waals surface area contributed by atoms with E-state index in [1.54, 1.807) is 0 Å². The van der Waals surface area contributed by atoms with Gasteiger partial charge >= 0.3 is 0 Å². The number of carbonyl (C=O) groups is 1. The van der Waals surface area contributed by atoms with Crippen molar-refractivity contribution in [3.05, 3.63) is 36.0 Å². The van der Waals surface area contributed by atoms with Gasteiger partial charge in [-0.15, -0.1) is 0 Å². The highest BCUT2D eigenvalue weighted by molar-refractivity contribution is 5.84. The molecule has 3 heteroatoms. The molecule has 1 amide bonds. The summed E-state index contributed by atoms with van der Waals surface area (Å²) in [5, 5.41) is 1.21. The lowest BCUT2D eigenvalue weighted by molar-refractivity contribution is -0.117. The Kier molecular flexibility index (Phi) is 2.46. The minimum atomic E-state index is -0.247. The molecule has 0 aliphatic rings. The van der Waals surface area contributed by atoms with Gasteiger partial charge in [-0.3, -0.25) is 4.79 Å². The Morgan fingerprint density at radius 2 is 2.13 bits per heavy atom. The maximum absolute atomic E-state index is 10.7. The van der Waals surface area contributed by atoms with E-state index >= 15 is 0 Å². The molecular formula is C12H14N2O. The molecule has 0 atom stereocenters. The monoisotopic (exact) mass is 202 g/mol. The molecule has 2 N–H and O–H groups in total. The van der Waals surface area contributed by atoms with Crippen molar-refractivity contribution in [3.63, 3.8) is 0 Å². The number of nitrogens with two attached hydrogens (primary N) is 1. The van der Waals surface area contributed by atoms with Crippen molar-refractivity contribution in [2.24, 2.45) is 12.8 Å². The first-order chi connectivity index (χ1) is 7.18. The number of amides is 1. The summed E-state index contributed by atoms with van der Waals surface area (Å²) < 4.78 is 2.08. The first-order valence-electron chi connectivity index (χ1n) is 4.99. The third-order valence-corrected chi connectivity index (χ3v) is 2.62. The van der Waals surface area contributed by atoms with E-state index in [9.17, 15) is 4.79 Å². The van der Waals surface area contributed by atoms with Gasteiger partial charge in [0.25, 0.3) is 0 Å². The van der Waals surface area contributed by atoms with Crippen LogP contribution in [0, 0.1) is 0 Å². The van der Waals surface area contributed by atoms with Gasteiger partial charge < -0.3 is 10.3 Å². The first-order valence-corrected chi connectivity index (χ1v) is 4.99. The third-order valence-electron chi connectivity index (χ3n) is 2.62. The molecular weight excluding hydrogens is 188 g/mol. The summed E-state index contributed by atoms with van der Waals surface area (Å²) in [7, 11) is 2.01. The van der Waals surface area contributed by atoms with Crippen molar-refractivity contribution in [1.29, 1.82) is 0 Å². The third kappa shape index (κ3) is 1.86. The van der Waals surface area contributed by atoms with Gasteiger partial charge in [0.05, 0.1) is 0 Å². The first kappa shape index (κ1) is 9.77. The number of benzene rings is 1. The van der Waals surface area contributed by atoms with E-state index in [4.69, 9.17) is 5.73 Å².